The van der Waals surface area contributed by atoms with Crippen LogP contribution in [0.25, 0.3) is 0 Å². The Hall–Kier alpha value is -1.06. The van der Waals surface area contributed by atoms with Crippen LogP contribution in [0.4, 0.5) is 0 Å². The molecule has 1 saturated carbocycles. The molecule has 2 rings (SSSR count). The Morgan fingerprint density at radius 2 is 1.83 bits per heavy atom. The van der Waals surface area contributed by atoms with E-state index in [-0.39, 0.29) is 11.8 Å². The lowest BCUT2D eigenvalue weighted by Gasteiger charge is -2.31. The number of likely N-dealkylation sites (tertiary alicyclic amines) is 1. The number of carboxylic acid groups (broad SMARTS) is 1. The minimum atomic E-state index is -0.716. The molecule has 18 heavy (non-hydrogen) atoms. The van der Waals surface area contributed by atoms with Crippen LogP contribution < -0.4 is 0 Å². The van der Waals surface area contributed by atoms with E-state index in [0.717, 1.165) is 5.92 Å². The first kappa shape index (κ1) is 13.4. The molecule has 0 bridgehead atoms. The second-order valence-electron chi connectivity index (χ2n) is 5.98. The molecule has 0 aromatic heterocycles. The van der Waals surface area contributed by atoms with Crippen LogP contribution in [-0.4, -0.2) is 35.0 Å². The van der Waals surface area contributed by atoms with Crippen LogP contribution in [0.15, 0.2) is 0 Å². The van der Waals surface area contributed by atoms with Crippen molar-refractivity contribution in [3.8, 4) is 0 Å². The summed E-state index contributed by atoms with van der Waals surface area (Å²) in [4.78, 5) is 24.8. The number of rotatable bonds is 3. The summed E-state index contributed by atoms with van der Waals surface area (Å²) in [6.45, 7) is 3.50. The zero-order chi connectivity index (χ0) is 13.1. The summed E-state index contributed by atoms with van der Waals surface area (Å²) in [5, 5.41) is 8.92. The fourth-order valence-electron chi connectivity index (χ4n) is 3.26. The van der Waals surface area contributed by atoms with E-state index in [1.165, 1.54) is 19.3 Å². The van der Waals surface area contributed by atoms with E-state index in [1.54, 1.807) is 0 Å². The van der Waals surface area contributed by atoms with Gasteiger partial charge in [0.05, 0.1) is 5.92 Å². The van der Waals surface area contributed by atoms with Crippen molar-refractivity contribution in [3.05, 3.63) is 0 Å². The highest BCUT2D eigenvalue weighted by Crippen LogP contribution is 2.33. The van der Waals surface area contributed by atoms with E-state index in [0.29, 0.717) is 38.3 Å². The van der Waals surface area contributed by atoms with E-state index in [4.69, 9.17) is 5.11 Å². The number of carbonyl (C=O) groups is 2. The largest absolute Gasteiger partial charge is 0.481 e. The van der Waals surface area contributed by atoms with Gasteiger partial charge in [0.1, 0.15) is 0 Å². The minimum absolute atomic E-state index is 0.234. The number of nitrogens with zero attached hydrogens (tertiary/aromatic N) is 1. The third-order valence-electron chi connectivity index (χ3n) is 4.46. The molecule has 2 aliphatic rings. The second kappa shape index (κ2) is 5.72. The monoisotopic (exact) mass is 253 g/mol. The van der Waals surface area contributed by atoms with Crippen LogP contribution in [0.1, 0.15) is 45.4 Å². The summed E-state index contributed by atoms with van der Waals surface area (Å²) in [6, 6.07) is 0. The van der Waals surface area contributed by atoms with Crippen molar-refractivity contribution in [3.63, 3.8) is 0 Å². The van der Waals surface area contributed by atoms with Crippen LogP contribution >= 0.6 is 0 Å². The summed E-state index contributed by atoms with van der Waals surface area (Å²) in [6.07, 6.45) is 5.50. The zero-order valence-corrected chi connectivity index (χ0v) is 11.1. The Bertz CT molecular complexity index is 321. The quantitative estimate of drug-likeness (QED) is 0.838. The molecular weight excluding hydrogens is 230 g/mol. The van der Waals surface area contributed by atoms with Crippen molar-refractivity contribution < 1.29 is 14.7 Å². The number of amides is 1. The third kappa shape index (κ3) is 3.24. The van der Waals surface area contributed by atoms with Gasteiger partial charge in [0, 0.05) is 19.5 Å². The molecule has 1 aliphatic carbocycles. The minimum Gasteiger partial charge on any atom is -0.481 e. The van der Waals surface area contributed by atoms with E-state index < -0.39 is 5.97 Å². The van der Waals surface area contributed by atoms with Crippen molar-refractivity contribution in [1.29, 1.82) is 0 Å². The number of hydrogen-bond donors (Lipinski definition) is 1. The molecule has 1 saturated heterocycles. The molecule has 1 amide bonds. The van der Waals surface area contributed by atoms with Gasteiger partial charge in [0.25, 0.3) is 0 Å². The van der Waals surface area contributed by atoms with E-state index in [9.17, 15) is 9.59 Å². The number of carbonyl (C=O) groups excluding carboxylic acids is 1. The Balaban J connectivity index is 1.75. The Kier molecular flexibility index (Phi) is 4.25. The maximum absolute atomic E-state index is 12.1. The first-order chi connectivity index (χ1) is 8.56. The molecule has 1 aliphatic heterocycles. The summed E-state index contributed by atoms with van der Waals surface area (Å²) in [5.41, 5.74) is 0. The van der Waals surface area contributed by atoms with Crippen molar-refractivity contribution in [1.82, 2.24) is 4.90 Å². The van der Waals surface area contributed by atoms with E-state index in [1.807, 2.05) is 4.90 Å². The summed E-state index contributed by atoms with van der Waals surface area (Å²) < 4.78 is 0. The van der Waals surface area contributed by atoms with E-state index in [2.05, 4.69) is 6.92 Å². The Labute approximate surface area is 108 Å². The highest BCUT2D eigenvalue weighted by atomic mass is 16.4. The van der Waals surface area contributed by atoms with Gasteiger partial charge in [0.2, 0.25) is 5.91 Å². The zero-order valence-electron chi connectivity index (χ0n) is 11.1. The molecule has 2 unspecified atom stereocenters. The molecule has 1 heterocycles. The van der Waals surface area contributed by atoms with E-state index >= 15 is 0 Å². The fourth-order valence-corrected chi connectivity index (χ4v) is 3.26. The van der Waals surface area contributed by atoms with Gasteiger partial charge in [-0.1, -0.05) is 13.3 Å². The highest BCUT2D eigenvalue weighted by molar-refractivity contribution is 5.77. The lowest BCUT2D eigenvalue weighted by molar-refractivity contribution is -0.145. The molecule has 1 N–H and O–H groups in total. The average molecular weight is 253 g/mol. The van der Waals surface area contributed by atoms with Gasteiger partial charge in [-0.15, -0.1) is 0 Å². The first-order valence-corrected chi connectivity index (χ1v) is 7.07. The van der Waals surface area contributed by atoms with Crippen molar-refractivity contribution in [2.75, 3.05) is 13.1 Å². The van der Waals surface area contributed by atoms with Gasteiger partial charge in [-0.05, 0) is 37.5 Å². The van der Waals surface area contributed by atoms with Gasteiger partial charge in [-0.25, -0.2) is 0 Å². The normalized spacial score (nSPS) is 29.5. The lowest BCUT2D eigenvalue weighted by atomic mass is 9.95. The van der Waals surface area contributed by atoms with Crippen LogP contribution in [0, 0.1) is 17.8 Å². The maximum atomic E-state index is 12.1. The predicted octanol–water partition coefficient (Wildman–Crippen LogP) is 2.14. The number of piperidine rings is 1. The van der Waals surface area contributed by atoms with Crippen LogP contribution in [0.2, 0.25) is 0 Å². The Morgan fingerprint density at radius 1 is 1.17 bits per heavy atom. The topological polar surface area (TPSA) is 57.6 Å². The van der Waals surface area contributed by atoms with Crippen molar-refractivity contribution in [2.24, 2.45) is 17.8 Å². The SMILES string of the molecule is CC1CCC(CC(=O)N2CCC(C(=O)O)CC2)C1. The maximum Gasteiger partial charge on any atom is 0.306 e. The van der Waals surface area contributed by atoms with Crippen LogP contribution in [0.5, 0.6) is 0 Å². The number of hydrogen-bond acceptors (Lipinski definition) is 2. The Morgan fingerprint density at radius 3 is 2.33 bits per heavy atom. The number of aliphatic carboxylic acids is 1. The van der Waals surface area contributed by atoms with Gasteiger partial charge >= 0.3 is 5.97 Å². The average Bonchev–Trinajstić information content (AvgIpc) is 2.75. The molecule has 102 valence electrons. The molecular formula is C14H23NO3. The molecule has 0 aromatic carbocycles. The molecule has 0 radical (unpaired) electrons. The fraction of sp³-hybridized carbons (Fsp3) is 0.857. The standard InChI is InChI=1S/C14H23NO3/c1-10-2-3-11(8-10)9-13(16)15-6-4-12(5-7-15)14(17)18/h10-12H,2-9H2,1H3,(H,17,18). The molecule has 0 aromatic rings. The highest BCUT2D eigenvalue weighted by Gasteiger charge is 2.29. The van der Waals surface area contributed by atoms with Gasteiger partial charge < -0.3 is 10.0 Å². The second-order valence-corrected chi connectivity index (χ2v) is 5.98. The summed E-state index contributed by atoms with van der Waals surface area (Å²) in [5.74, 6) is 0.593. The lowest BCUT2D eigenvalue weighted by Crippen LogP contribution is -2.40. The molecule has 4 heteroatoms. The van der Waals surface area contributed by atoms with Gasteiger partial charge in [0.15, 0.2) is 0 Å². The molecule has 0 spiro atoms. The van der Waals surface area contributed by atoms with Gasteiger partial charge in [-0.2, -0.15) is 0 Å². The predicted molar refractivity (Wildman–Crippen MR) is 68.1 cm³/mol. The molecule has 2 fully saturated rings. The summed E-state index contributed by atoms with van der Waals surface area (Å²) >= 11 is 0. The van der Waals surface area contributed by atoms with Crippen LogP contribution in [-0.2, 0) is 9.59 Å². The smallest absolute Gasteiger partial charge is 0.306 e. The van der Waals surface area contributed by atoms with Crippen molar-refractivity contribution >= 4 is 11.9 Å². The molecule has 2 atom stereocenters. The number of carboxylic acids is 1. The summed E-state index contributed by atoms with van der Waals surface area (Å²) in [7, 11) is 0. The van der Waals surface area contributed by atoms with Gasteiger partial charge in [-0.3, -0.25) is 9.59 Å². The first-order valence-electron chi connectivity index (χ1n) is 7.07. The van der Waals surface area contributed by atoms with Crippen molar-refractivity contribution in [2.45, 2.75) is 45.4 Å². The van der Waals surface area contributed by atoms with Crippen LogP contribution in [0.3, 0.4) is 0 Å². The third-order valence-corrected chi connectivity index (χ3v) is 4.46. The molecule has 4 nitrogen and oxygen atoms in total.